The molecule has 0 bridgehead atoms. The van der Waals surface area contributed by atoms with E-state index in [2.05, 4.69) is 55.8 Å². The zero-order chi connectivity index (χ0) is 17.9. The van der Waals surface area contributed by atoms with E-state index in [9.17, 15) is 4.79 Å². The summed E-state index contributed by atoms with van der Waals surface area (Å²) in [6.45, 7) is 10.5. The second kappa shape index (κ2) is 6.07. The normalized spacial score (nSPS) is 23.6. The molecule has 5 nitrogen and oxygen atoms in total. The number of pyridine rings is 1. The molecule has 0 aromatic carbocycles. The highest BCUT2D eigenvalue weighted by atomic mass is 127. The molecule has 0 radical (unpaired) electrons. The SMILES string of the molecule is CC(C)C1(C)OB(c2cn(C)c(=O)c3c2ccn3SI)OC1(C)C. The highest BCUT2D eigenvalue weighted by Gasteiger charge is 2.56. The molecule has 8 heteroatoms. The van der Waals surface area contributed by atoms with Gasteiger partial charge >= 0.3 is 7.12 Å². The summed E-state index contributed by atoms with van der Waals surface area (Å²) in [5, 5.41) is 0.885. The number of halogens is 1. The fourth-order valence-corrected chi connectivity index (χ4v) is 4.67. The third-order valence-corrected chi connectivity index (χ3v) is 7.12. The van der Waals surface area contributed by atoms with Gasteiger partial charge in [0.2, 0.25) is 0 Å². The molecule has 130 valence electrons. The van der Waals surface area contributed by atoms with E-state index < -0.39 is 18.3 Å². The van der Waals surface area contributed by atoms with Crippen molar-refractivity contribution in [3.8, 4) is 0 Å². The van der Waals surface area contributed by atoms with Crippen LogP contribution in [0.5, 0.6) is 0 Å². The molecule has 0 amide bonds. The number of nitrogens with zero attached hydrogens (tertiary/aromatic N) is 2. The van der Waals surface area contributed by atoms with Crippen LogP contribution in [0.4, 0.5) is 0 Å². The van der Waals surface area contributed by atoms with Crippen LogP contribution in [0.25, 0.3) is 10.9 Å². The maximum Gasteiger partial charge on any atom is 0.497 e. The molecule has 1 fully saturated rings. The molecule has 24 heavy (non-hydrogen) atoms. The maximum absolute atomic E-state index is 12.5. The maximum atomic E-state index is 12.5. The molecular weight excluding hydrogens is 438 g/mol. The summed E-state index contributed by atoms with van der Waals surface area (Å²) in [5.41, 5.74) is 0.713. The van der Waals surface area contributed by atoms with E-state index >= 15 is 0 Å². The van der Waals surface area contributed by atoms with Crippen LogP contribution in [0.1, 0.15) is 34.6 Å². The fraction of sp³-hybridized carbons (Fsp3) is 0.562. The van der Waals surface area contributed by atoms with Gasteiger partial charge in [0.1, 0.15) is 5.52 Å². The predicted octanol–water partition coefficient (Wildman–Crippen LogP) is 3.12. The molecule has 1 saturated heterocycles. The molecule has 3 rings (SSSR count). The van der Waals surface area contributed by atoms with Crippen molar-refractivity contribution in [3.05, 3.63) is 28.8 Å². The lowest BCUT2D eigenvalue weighted by Crippen LogP contribution is -2.48. The molecule has 1 aliphatic heterocycles. The van der Waals surface area contributed by atoms with Crippen molar-refractivity contribution in [1.82, 2.24) is 8.54 Å². The lowest BCUT2D eigenvalue weighted by Gasteiger charge is -2.39. The van der Waals surface area contributed by atoms with Crippen molar-refractivity contribution in [2.45, 2.75) is 45.8 Å². The van der Waals surface area contributed by atoms with Crippen molar-refractivity contribution >= 4 is 53.8 Å². The van der Waals surface area contributed by atoms with Gasteiger partial charge in [-0.1, -0.05) is 13.8 Å². The molecule has 1 unspecified atom stereocenters. The van der Waals surface area contributed by atoms with Gasteiger partial charge in [-0.05, 0) is 32.8 Å². The highest BCUT2D eigenvalue weighted by molar-refractivity contribution is 14.2. The number of aromatic nitrogens is 2. The standard InChI is InChI=1S/C16H22BIN2O3S/c1-10(2)16(5)15(3,4)22-17(23-16)12-9-19(6)14(21)13-11(12)7-8-20(13)24-18/h7-10H,1-6H3. The van der Waals surface area contributed by atoms with E-state index in [4.69, 9.17) is 9.31 Å². The number of rotatable bonds is 3. The fourth-order valence-electron chi connectivity index (χ4n) is 3.34. The van der Waals surface area contributed by atoms with Gasteiger partial charge in [-0.15, -0.1) is 0 Å². The van der Waals surface area contributed by atoms with Crippen molar-refractivity contribution in [2.24, 2.45) is 13.0 Å². The zero-order valence-electron chi connectivity index (χ0n) is 14.8. The molecule has 0 N–H and O–H groups in total. The smallest absolute Gasteiger partial charge is 0.399 e. The molecule has 1 atom stereocenters. The Kier molecular flexibility index (Phi) is 4.64. The summed E-state index contributed by atoms with van der Waals surface area (Å²) in [4.78, 5) is 12.5. The molecule has 3 heterocycles. The first-order valence-electron chi connectivity index (χ1n) is 7.97. The average molecular weight is 460 g/mol. The van der Waals surface area contributed by atoms with Gasteiger partial charge in [-0.25, -0.2) is 0 Å². The van der Waals surface area contributed by atoms with Gasteiger partial charge in [0.25, 0.3) is 5.56 Å². The molecular formula is C16H22BIN2O3S. The molecule has 0 spiro atoms. The summed E-state index contributed by atoms with van der Waals surface area (Å²) >= 11 is 2.18. The Hall–Kier alpha value is -0.445. The van der Waals surface area contributed by atoms with Gasteiger partial charge in [0, 0.05) is 60.6 Å². The summed E-state index contributed by atoms with van der Waals surface area (Å²) in [6, 6.07) is 1.96. The minimum absolute atomic E-state index is 0.0215. The molecule has 0 saturated carbocycles. The molecule has 0 aliphatic carbocycles. The number of fused-ring (bicyclic) bond motifs is 1. The monoisotopic (exact) mass is 460 g/mol. The minimum atomic E-state index is -0.489. The number of aryl methyl sites for hydroxylation is 1. The van der Waals surface area contributed by atoms with Gasteiger partial charge < -0.3 is 13.9 Å². The zero-order valence-corrected chi connectivity index (χ0v) is 17.8. The van der Waals surface area contributed by atoms with Crippen LogP contribution in [0.2, 0.25) is 0 Å². The number of hydrogen-bond acceptors (Lipinski definition) is 4. The van der Waals surface area contributed by atoms with E-state index in [1.165, 1.54) is 9.12 Å². The van der Waals surface area contributed by atoms with Crippen LogP contribution < -0.4 is 11.0 Å². The van der Waals surface area contributed by atoms with E-state index in [1.54, 1.807) is 11.6 Å². The Labute approximate surface area is 158 Å². The average Bonchev–Trinajstić information content (AvgIpc) is 3.03. The molecule has 2 aromatic rings. The Balaban J connectivity index is 2.17. The van der Waals surface area contributed by atoms with Crippen LogP contribution in [-0.2, 0) is 16.4 Å². The lowest BCUT2D eigenvalue weighted by atomic mass is 9.77. The van der Waals surface area contributed by atoms with E-state index in [0.717, 1.165) is 10.8 Å². The highest BCUT2D eigenvalue weighted by Crippen LogP contribution is 2.42. The van der Waals surface area contributed by atoms with Crippen molar-refractivity contribution in [1.29, 1.82) is 0 Å². The summed E-state index contributed by atoms with van der Waals surface area (Å²) in [6.07, 6.45) is 3.74. The second-order valence-corrected chi connectivity index (χ2v) is 9.03. The lowest BCUT2D eigenvalue weighted by molar-refractivity contribution is -0.0435. The Morgan fingerprint density at radius 1 is 1.29 bits per heavy atom. The van der Waals surface area contributed by atoms with E-state index in [-0.39, 0.29) is 5.56 Å². The first-order valence-corrected chi connectivity index (χ1v) is 11.3. The minimum Gasteiger partial charge on any atom is -0.399 e. The van der Waals surface area contributed by atoms with Crippen LogP contribution in [0, 0.1) is 5.92 Å². The van der Waals surface area contributed by atoms with E-state index in [1.807, 2.05) is 22.4 Å². The van der Waals surface area contributed by atoms with E-state index in [0.29, 0.717) is 11.4 Å². The first kappa shape index (κ1) is 18.3. The number of hydrogen-bond donors (Lipinski definition) is 0. The Morgan fingerprint density at radius 3 is 2.50 bits per heavy atom. The van der Waals surface area contributed by atoms with Gasteiger partial charge in [0.15, 0.2) is 0 Å². The van der Waals surface area contributed by atoms with Gasteiger partial charge in [0.05, 0.1) is 11.2 Å². The third-order valence-electron chi connectivity index (χ3n) is 5.40. The third kappa shape index (κ3) is 2.57. The van der Waals surface area contributed by atoms with Crippen molar-refractivity contribution in [2.75, 3.05) is 0 Å². The van der Waals surface area contributed by atoms with Crippen molar-refractivity contribution in [3.63, 3.8) is 0 Å². The van der Waals surface area contributed by atoms with Crippen LogP contribution in [0.15, 0.2) is 23.3 Å². The van der Waals surface area contributed by atoms with Gasteiger partial charge in [-0.3, -0.25) is 8.77 Å². The second-order valence-electron chi connectivity index (χ2n) is 7.31. The van der Waals surface area contributed by atoms with Crippen molar-refractivity contribution < 1.29 is 9.31 Å². The first-order chi connectivity index (χ1) is 11.1. The van der Waals surface area contributed by atoms with Crippen LogP contribution in [0.3, 0.4) is 0 Å². The summed E-state index contributed by atoms with van der Waals surface area (Å²) < 4.78 is 16.2. The summed E-state index contributed by atoms with van der Waals surface area (Å²) in [7, 11) is 2.75. The predicted molar refractivity (Wildman–Crippen MR) is 109 cm³/mol. The topological polar surface area (TPSA) is 45.4 Å². The van der Waals surface area contributed by atoms with Gasteiger partial charge in [-0.2, -0.15) is 0 Å². The summed E-state index contributed by atoms with van der Waals surface area (Å²) in [5.74, 6) is 0.301. The Morgan fingerprint density at radius 2 is 1.96 bits per heavy atom. The quantitative estimate of drug-likeness (QED) is 0.522. The molecule has 2 aromatic heterocycles. The molecule has 1 aliphatic rings. The Bertz CT molecular complexity index is 848. The van der Waals surface area contributed by atoms with Crippen LogP contribution in [-0.4, -0.2) is 26.9 Å². The largest absolute Gasteiger partial charge is 0.497 e. The van der Waals surface area contributed by atoms with Crippen LogP contribution >= 0.6 is 30.3 Å².